The van der Waals surface area contributed by atoms with E-state index in [-0.39, 0.29) is 5.60 Å². The van der Waals surface area contributed by atoms with E-state index in [1.165, 1.54) is 29.5 Å². The Balaban J connectivity index is 1.86. The molecule has 3 heteroatoms. The Kier molecular flexibility index (Phi) is 3.67. The molecule has 24 heavy (non-hydrogen) atoms. The van der Waals surface area contributed by atoms with E-state index in [2.05, 4.69) is 31.2 Å². The summed E-state index contributed by atoms with van der Waals surface area (Å²) < 4.78 is 17.6. The molecule has 1 fully saturated rings. The van der Waals surface area contributed by atoms with E-state index in [0.717, 1.165) is 30.1 Å². The van der Waals surface area contributed by atoms with Crippen molar-refractivity contribution >= 4 is 0 Å². The van der Waals surface area contributed by atoms with Crippen LogP contribution in [0.1, 0.15) is 48.3 Å². The molecule has 4 rings (SSSR count). The summed E-state index contributed by atoms with van der Waals surface area (Å²) in [5.74, 6) is 3.14. The fourth-order valence-corrected chi connectivity index (χ4v) is 4.51. The Morgan fingerprint density at radius 1 is 1.04 bits per heavy atom. The van der Waals surface area contributed by atoms with Crippen LogP contribution in [-0.2, 0) is 5.60 Å². The monoisotopic (exact) mass is 324 g/mol. The van der Waals surface area contributed by atoms with E-state index in [9.17, 15) is 0 Å². The van der Waals surface area contributed by atoms with Gasteiger partial charge in [-0.2, -0.15) is 0 Å². The predicted molar refractivity (Wildman–Crippen MR) is 94.2 cm³/mol. The van der Waals surface area contributed by atoms with Crippen LogP contribution in [0.15, 0.2) is 36.4 Å². The number of rotatable bonds is 3. The van der Waals surface area contributed by atoms with Gasteiger partial charge in [0, 0.05) is 17.5 Å². The van der Waals surface area contributed by atoms with Crippen molar-refractivity contribution in [2.45, 2.75) is 44.1 Å². The largest absolute Gasteiger partial charge is 0.497 e. The molecule has 2 aromatic rings. The molecule has 1 heterocycles. The topological polar surface area (TPSA) is 27.7 Å². The maximum atomic E-state index is 6.67. The molecule has 1 saturated carbocycles. The third-order valence-electron chi connectivity index (χ3n) is 5.61. The number of methoxy groups -OCH3 is 2. The first-order chi connectivity index (χ1) is 11.7. The van der Waals surface area contributed by atoms with Crippen molar-refractivity contribution in [3.63, 3.8) is 0 Å². The van der Waals surface area contributed by atoms with Crippen LogP contribution in [0.2, 0.25) is 0 Å². The van der Waals surface area contributed by atoms with Gasteiger partial charge >= 0.3 is 0 Å². The van der Waals surface area contributed by atoms with Crippen molar-refractivity contribution in [1.29, 1.82) is 0 Å². The summed E-state index contributed by atoms with van der Waals surface area (Å²) in [4.78, 5) is 0. The number of benzene rings is 2. The van der Waals surface area contributed by atoms with Crippen molar-refractivity contribution in [3.05, 3.63) is 53.1 Å². The van der Waals surface area contributed by atoms with Gasteiger partial charge in [-0.3, -0.25) is 0 Å². The van der Waals surface area contributed by atoms with Crippen LogP contribution in [0.3, 0.4) is 0 Å². The molecule has 0 amide bonds. The number of hydrogen-bond acceptors (Lipinski definition) is 3. The molecule has 0 N–H and O–H groups in total. The second-order valence-electron chi connectivity index (χ2n) is 6.88. The van der Waals surface area contributed by atoms with Gasteiger partial charge < -0.3 is 14.2 Å². The fourth-order valence-electron chi connectivity index (χ4n) is 4.51. The average Bonchev–Trinajstić information content (AvgIpc) is 2.97. The van der Waals surface area contributed by atoms with Crippen LogP contribution >= 0.6 is 0 Å². The van der Waals surface area contributed by atoms with Crippen molar-refractivity contribution in [2.24, 2.45) is 0 Å². The lowest BCUT2D eigenvalue weighted by molar-refractivity contribution is 0.0317. The molecule has 2 aromatic carbocycles. The Morgan fingerprint density at radius 3 is 2.67 bits per heavy atom. The zero-order valence-electron chi connectivity index (χ0n) is 14.6. The lowest BCUT2D eigenvalue weighted by atomic mass is 9.69. The third kappa shape index (κ3) is 2.18. The van der Waals surface area contributed by atoms with Crippen LogP contribution in [0, 0.1) is 6.92 Å². The first kappa shape index (κ1) is 15.4. The van der Waals surface area contributed by atoms with Gasteiger partial charge in [0.1, 0.15) is 22.8 Å². The van der Waals surface area contributed by atoms with E-state index in [1.54, 1.807) is 14.2 Å². The normalized spacial score (nSPS) is 24.7. The summed E-state index contributed by atoms with van der Waals surface area (Å²) in [6, 6.07) is 12.5. The molecule has 0 radical (unpaired) electrons. The fraction of sp³-hybridized carbons (Fsp3) is 0.429. The van der Waals surface area contributed by atoms with Gasteiger partial charge in [-0.05, 0) is 55.5 Å². The quantitative estimate of drug-likeness (QED) is 0.799. The van der Waals surface area contributed by atoms with Gasteiger partial charge in [-0.25, -0.2) is 0 Å². The maximum absolute atomic E-state index is 6.67. The highest BCUT2D eigenvalue weighted by molar-refractivity contribution is 5.54. The third-order valence-corrected chi connectivity index (χ3v) is 5.61. The molecule has 0 bridgehead atoms. The zero-order chi connectivity index (χ0) is 16.7. The maximum Gasteiger partial charge on any atom is 0.141 e. The van der Waals surface area contributed by atoms with E-state index in [1.807, 2.05) is 12.1 Å². The molecule has 0 aromatic heterocycles. The number of fused-ring (bicyclic) bond motifs is 3. The summed E-state index contributed by atoms with van der Waals surface area (Å²) in [5, 5.41) is 0. The second-order valence-corrected chi connectivity index (χ2v) is 6.88. The molecule has 0 spiro atoms. The van der Waals surface area contributed by atoms with Gasteiger partial charge in [0.05, 0.1) is 14.2 Å². The van der Waals surface area contributed by atoms with E-state index < -0.39 is 0 Å². The van der Waals surface area contributed by atoms with Gasteiger partial charge in [0.2, 0.25) is 0 Å². The first-order valence-electron chi connectivity index (χ1n) is 8.70. The first-order valence-corrected chi connectivity index (χ1v) is 8.70. The number of ether oxygens (including phenoxy) is 3. The molecule has 3 nitrogen and oxygen atoms in total. The molecule has 1 aliphatic heterocycles. The van der Waals surface area contributed by atoms with Crippen molar-refractivity contribution < 1.29 is 14.2 Å². The van der Waals surface area contributed by atoms with E-state index >= 15 is 0 Å². The van der Waals surface area contributed by atoms with Gasteiger partial charge in [-0.15, -0.1) is 0 Å². The molecule has 0 saturated heterocycles. The van der Waals surface area contributed by atoms with Crippen molar-refractivity contribution in [3.8, 4) is 17.2 Å². The van der Waals surface area contributed by atoms with Gasteiger partial charge in [-0.1, -0.05) is 18.6 Å². The minimum absolute atomic E-state index is 0.272. The highest BCUT2D eigenvalue weighted by Gasteiger charge is 2.51. The summed E-state index contributed by atoms with van der Waals surface area (Å²) in [7, 11) is 3.43. The van der Waals surface area contributed by atoms with Crippen LogP contribution in [0.5, 0.6) is 17.2 Å². The highest BCUT2D eigenvalue weighted by atomic mass is 16.5. The molecule has 2 atom stereocenters. The van der Waals surface area contributed by atoms with E-state index in [4.69, 9.17) is 14.2 Å². The Hall–Kier alpha value is -2.16. The lowest BCUT2D eigenvalue weighted by Gasteiger charge is -2.39. The summed E-state index contributed by atoms with van der Waals surface area (Å²) in [6.07, 6.45) is 4.65. The minimum atomic E-state index is -0.272. The van der Waals surface area contributed by atoms with Crippen LogP contribution < -0.4 is 14.2 Å². The highest BCUT2D eigenvalue weighted by Crippen LogP contribution is 2.59. The van der Waals surface area contributed by atoms with Gasteiger partial charge in [0.15, 0.2) is 0 Å². The average molecular weight is 324 g/mol. The standard InChI is InChI=1S/C21H24O3/c1-14-11-17(23-3)13-19-20(14)18-9-4-5-10-21(18,24-19)15-7-6-8-16(12-15)22-2/h6-8,11-13,18H,4-5,9-10H2,1-3H3. The minimum Gasteiger partial charge on any atom is -0.497 e. The SMILES string of the molecule is COc1cccc(C23CCCCC2c2c(C)cc(OC)cc2O3)c1. The molecular formula is C21H24O3. The van der Waals surface area contributed by atoms with E-state index in [0.29, 0.717) is 5.92 Å². The molecule has 2 aliphatic rings. The summed E-state index contributed by atoms with van der Waals surface area (Å²) >= 11 is 0. The van der Waals surface area contributed by atoms with Gasteiger partial charge in [0.25, 0.3) is 0 Å². The van der Waals surface area contributed by atoms with Crippen molar-refractivity contribution in [2.75, 3.05) is 14.2 Å². The van der Waals surface area contributed by atoms with Crippen LogP contribution in [0.4, 0.5) is 0 Å². The van der Waals surface area contributed by atoms with Crippen molar-refractivity contribution in [1.82, 2.24) is 0 Å². The molecule has 2 unspecified atom stereocenters. The summed E-state index contributed by atoms with van der Waals surface area (Å²) in [5.41, 5.74) is 3.58. The molecular weight excluding hydrogens is 300 g/mol. The summed E-state index contributed by atoms with van der Waals surface area (Å²) in [6.45, 7) is 2.17. The molecule has 1 aliphatic carbocycles. The Bertz CT molecular complexity index is 768. The second kappa shape index (κ2) is 5.73. The zero-order valence-corrected chi connectivity index (χ0v) is 14.6. The van der Waals surface area contributed by atoms with Crippen LogP contribution in [0.25, 0.3) is 0 Å². The molecule has 126 valence electrons. The predicted octanol–water partition coefficient (Wildman–Crippen LogP) is 4.96. The Labute approximate surface area is 143 Å². The smallest absolute Gasteiger partial charge is 0.141 e. The Morgan fingerprint density at radius 2 is 1.88 bits per heavy atom. The number of aryl methyl sites for hydroxylation is 1. The lowest BCUT2D eigenvalue weighted by Crippen LogP contribution is -2.37. The number of hydrogen-bond donors (Lipinski definition) is 0. The van der Waals surface area contributed by atoms with Crippen LogP contribution in [-0.4, -0.2) is 14.2 Å².